The van der Waals surface area contributed by atoms with Crippen LogP contribution < -0.4 is 5.32 Å². The fraction of sp³-hybridized carbons (Fsp3) is 0.417. The van der Waals surface area contributed by atoms with E-state index in [-0.39, 0.29) is 22.2 Å². The van der Waals surface area contributed by atoms with Crippen molar-refractivity contribution in [3.05, 3.63) is 38.9 Å². The largest absolute Gasteiger partial charge is 0.352 e. The van der Waals surface area contributed by atoms with Gasteiger partial charge in [-0.1, -0.05) is 24.6 Å². The Morgan fingerprint density at radius 3 is 2.79 bits per heavy atom. The van der Waals surface area contributed by atoms with Crippen molar-refractivity contribution in [2.45, 2.75) is 13.3 Å². The van der Waals surface area contributed by atoms with Crippen molar-refractivity contribution in [3.63, 3.8) is 0 Å². The molecule has 0 aliphatic heterocycles. The SMILES string of the molecule is CC(CCCl)CNC(=O)c1c(Cl)cccc1[N+](=O)[O-]. The highest BCUT2D eigenvalue weighted by Gasteiger charge is 2.23. The van der Waals surface area contributed by atoms with Gasteiger partial charge in [-0.3, -0.25) is 14.9 Å². The minimum Gasteiger partial charge on any atom is -0.352 e. The third-order valence-electron chi connectivity index (χ3n) is 2.63. The molecule has 7 heteroatoms. The molecule has 19 heavy (non-hydrogen) atoms. The zero-order valence-corrected chi connectivity index (χ0v) is 11.9. The number of nitrogens with one attached hydrogen (secondary N) is 1. The summed E-state index contributed by atoms with van der Waals surface area (Å²) < 4.78 is 0. The van der Waals surface area contributed by atoms with Gasteiger partial charge in [0.15, 0.2) is 0 Å². The topological polar surface area (TPSA) is 72.2 Å². The molecule has 0 aliphatic carbocycles. The van der Waals surface area contributed by atoms with E-state index in [1.54, 1.807) is 0 Å². The fourth-order valence-electron chi connectivity index (χ4n) is 1.53. The molecule has 0 aromatic heterocycles. The highest BCUT2D eigenvalue weighted by atomic mass is 35.5. The van der Waals surface area contributed by atoms with Crippen molar-refractivity contribution in [1.82, 2.24) is 5.32 Å². The Morgan fingerprint density at radius 2 is 2.21 bits per heavy atom. The lowest BCUT2D eigenvalue weighted by atomic mass is 10.1. The fourth-order valence-corrected chi connectivity index (χ4v) is 2.16. The monoisotopic (exact) mass is 304 g/mol. The summed E-state index contributed by atoms with van der Waals surface area (Å²) in [5.74, 6) is 0.158. The standard InChI is InChI=1S/C12H14Cl2N2O3/c1-8(5-6-13)7-15-12(17)11-9(14)3-2-4-10(11)16(18)19/h2-4,8H,5-7H2,1H3,(H,15,17). The third-order valence-corrected chi connectivity index (χ3v) is 3.16. The van der Waals surface area contributed by atoms with Crippen LogP contribution in [0.25, 0.3) is 0 Å². The smallest absolute Gasteiger partial charge is 0.283 e. The minimum atomic E-state index is -0.622. The van der Waals surface area contributed by atoms with Crippen molar-refractivity contribution in [3.8, 4) is 0 Å². The second kappa shape index (κ2) is 7.31. The molecule has 1 unspecified atom stereocenters. The summed E-state index contributed by atoms with van der Waals surface area (Å²) >= 11 is 11.5. The molecule has 0 fully saturated rings. The molecule has 0 saturated heterocycles. The Kier molecular flexibility index (Phi) is 6.05. The first-order valence-electron chi connectivity index (χ1n) is 5.74. The van der Waals surface area contributed by atoms with Gasteiger partial charge in [0.1, 0.15) is 5.56 Å². The van der Waals surface area contributed by atoms with Gasteiger partial charge in [0.05, 0.1) is 9.95 Å². The van der Waals surface area contributed by atoms with E-state index in [2.05, 4.69) is 5.32 Å². The molecule has 0 spiro atoms. The number of rotatable bonds is 6. The number of amides is 1. The van der Waals surface area contributed by atoms with Gasteiger partial charge >= 0.3 is 0 Å². The molecule has 1 rings (SSSR count). The highest BCUT2D eigenvalue weighted by Crippen LogP contribution is 2.26. The van der Waals surface area contributed by atoms with Crippen LogP contribution in [0.3, 0.4) is 0 Å². The van der Waals surface area contributed by atoms with E-state index in [0.717, 1.165) is 6.42 Å². The first kappa shape index (κ1) is 15.7. The van der Waals surface area contributed by atoms with Crippen LogP contribution in [0.2, 0.25) is 5.02 Å². The number of carbonyl (C=O) groups is 1. The third kappa shape index (κ3) is 4.36. The lowest BCUT2D eigenvalue weighted by Gasteiger charge is -2.11. The van der Waals surface area contributed by atoms with E-state index in [1.165, 1.54) is 18.2 Å². The average molecular weight is 305 g/mol. The van der Waals surface area contributed by atoms with E-state index < -0.39 is 10.8 Å². The molecule has 0 bridgehead atoms. The Morgan fingerprint density at radius 1 is 1.53 bits per heavy atom. The Labute approximate surface area is 121 Å². The van der Waals surface area contributed by atoms with Crippen molar-refractivity contribution < 1.29 is 9.72 Å². The van der Waals surface area contributed by atoms with Gasteiger partial charge < -0.3 is 5.32 Å². The van der Waals surface area contributed by atoms with Gasteiger partial charge in [-0.2, -0.15) is 0 Å². The summed E-state index contributed by atoms with van der Waals surface area (Å²) in [6, 6.07) is 4.14. The van der Waals surface area contributed by atoms with Gasteiger partial charge in [-0.25, -0.2) is 0 Å². The molecule has 0 aliphatic rings. The Balaban J connectivity index is 2.85. The van der Waals surface area contributed by atoms with Crippen LogP contribution in [0.4, 0.5) is 5.69 Å². The van der Waals surface area contributed by atoms with Crippen LogP contribution in [0.1, 0.15) is 23.7 Å². The maximum absolute atomic E-state index is 12.0. The number of hydrogen-bond donors (Lipinski definition) is 1. The van der Waals surface area contributed by atoms with Crippen molar-refractivity contribution in [1.29, 1.82) is 0 Å². The van der Waals surface area contributed by atoms with Gasteiger partial charge in [0, 0.05) is 18.5 Å². The molecule has 0 heterocycles. The van der Waals surface area contributed by atoms with E-state index in [9.17, 15) is 14.9 Å². The predicted molar refractivity (Wildman–Crippen MR) is 74.9 cm³/mol. The molecule has 1 amide bonds. The van der Waals surface area contributed by atoms with Gasteiger partial charge in [0.2, 0.25) is 0 Å². The van der Waals surface area contributed by atoms with Gasteiger partial charge in [-0.15, -0.1) is 11.6 Å². The molecule has 5 nitrogen and oxygen atoms in total. The van der Waals surface area contributed by atoms with Crippen LogP contribution in [-0.2, 0) is 0 Å². The molecule has 1 N–H and O–H groups in total. The van der Waals surface area contributed by atoms with Crippen LogP contribution in [0, 0.1) is 16.0 Å². The lowest BCUT2D eigenvalue weighted by molar-refractivity contribution is -0.385. The van der Waals surface area contributed by atoms with E-state index in [4.69, 9.17) is 23.2 Å². The van der Waals surface area contributed by atoms with E-state index in [1.807, 2.05) is 6.92 Å². The summed E-state index contributed by atoms with van der Waals surface area (Å²) in [5.41, 5.74) is -0.401. The number of nitro groups is 1. The molecule has 0 saturated carbocycles. The first-order valence-corrected chi connectivity index (χ1v) is 6.65. The lowest BCUT2D eigenvalue weighted by Crippen LogP contribution is -2.29. The quantitative estimate of drug-likeness (QED) is 0.498. The molecule has 0 radical (unpaired) electrons. The molecular formula is C12H14Cl2N2O3. The summed E-state index contributed by atoms with van der Waals surface area (Å²) in [7, 11) is 0. The van der Waals surface area contributed by atoms with Crippen molar-refractivity contribution >= 4 is 34.8 Å². The average Bonchev–Trinajstić information content (AvgIpc) is 2.36. The second-order valence-corrected chi connectivity index (χ2v) is 4.97. The van der Waals surface area contributed by atoms with Crippen LogP contribution >= 0.6 is 23.2 Å². The normalized spacial score (nSPS) is 11.9. The summed E-state index contributed by atoms with van der Waals surface area (Å²) in [6.45, 7) is 2.33. The minimum absolute atomic E-state index is 0.0664. The number of halogens is 2. The number of hydrogen-bond acceptors (Lipinski definition) is 3. The summed E-state index contributed by atoms with van der Waals surface area (Å²) in [4.78, 5) is 22.2. The van der Waals surface area contributed by atoms with Gasteiger partial charge in [-0.05, 0) is 18.4 Å². The molecule has 104 valence electrons. The maximum Gasteiger partial charge on any atom is 0.283 e. The first-order chi connectivity index (χ1) is 8.97. The summed E-state index contributed by atoms with van der Waals surface area (Å²) in [6.07, 6.45) is 0.756. The number of benzene rings is 1. The van der Waals surface area contributed by atoms with E-state index >= 15 is 0 Å². The zero-order valence-electron chi connectivity index (χ0n) is 10.4. The Bertz CT molecular complexity index is 480. The number of nitrogens with zero attached hydrogens (tertiary/aromatic N) is 1. The van der Waals surface area contributed by atoms with Crippen molar-refractivity contribution in [2.75, 3.05) is 12.4 Å². The van der Waals surface area contributed by atoms with Gasteiger partial charge in [0.25, 0.3) is 11.6 Å². The Hall–Kier alpha value is -1.33. The maximum atomic E-state index is 12.0. The zero-order chi connectivity index (χ0) is 14.4. The number of carbonyl (C=O) groups excluding carboxylic acids is 1. The van der Waals surface area contributed by atoms with Crippen LogP contribution in [0.5, 0.6) is 0 Å². The molecule has 1 aromatic rings. The summed E-state index contributed by atoms with van der Waals surface area (Å²) in [5, 5.41) is 13.6. The number of alkyl halides is 1. The van der Waals surface area contributed by atoms with Crippen LogP contribution in [-0.4, -0.2) is 23.3 Å². The molecular weight excluding hydrogens is 291 g/mol. The van der Waals surface area contributed by atoms with Crippen LogP contribution in [0.15, 0.2) is 18.2 Å². The van der Waals surface area contributed by atoms with Crippen molar-refractivity contribution in [2.24, 2.45) is 5.92 Å². The number of nitro benzene ring substituents is 1. The molecule has 1 aromatic carbocycles. The molecule has 1 atom stereocenters. The predicted octanol–water partition coefficient (Wildman–Crippen LogP) is 3.24. The highest BCUT2D eigenvalue weighted by molar-refractivity contribution is 6.34. The second-order valence-electron chi connectivity index (χ2n) is 4.18. The van der Waals surface area contributed by atoms with E-state index in [0.29, 0.717) is 12.4 Å².